The molecule has 0 spiro atoms. The number of ether oxygens (including phenoxy) is 1. The van der Waals surface area contributed by atoms with E-state index in [9.17, 15) is 4.79 Å². The van der Waals surface area contributed by atoms with Crippen molar-refractivity contribution in [1.29, 1.82) is 0 Å². The molecular weight excluding hydrogens is 304 g/mol. The summed E-state index contributed by atoms with van der Waals surface area (Å²) in [5.41, 5.74) is 3.96. The van der Waals surface area contributed by atoms with Gasteiger partial charge in [-0.25, -0.2) is 10.4 Å². The molecule has 0 unspecified atom stereocenters. The molecule has 1 heterocycles. The first-order valence-electron chi connectivity index (χ1n) is 7.39. The van der Waals surface area contributed by atoms with Gasteiger partial charge in [-0.1, -0.05) is 30.3 Å². The van der Waals surface area contributed by atoms with Gasteiger partial charge in [0, 0.05) is 11.8 Å². The monoisotopic (exact) mass is 320 g/mol. The number of H-pyrrole nitrogens is 1. The van der Waals surface area contributed by atoms with Crippen LogP contribution >= 0.6 is 0 Å². The van der Waals surface area contributed by atoms with E-state index in [1.165, 1.54) is 6.07 Å². The van der Waals surface area contributed by atoms with Crippen molar-refractivity contribution in [2.24, 2.45) is 5.10 Å². The third-order valence-corrected chi connectivity index (χ3v) is 3.09. The molecule has 24 heavy (non-hydrogen) atoms. The topological polar surface area (TPSA) is 79.4 Å². The van der Waals surface area contributed by atoms with Gasteiger partial charge in [-0.2, -0.15) is 5.10 Å². The van der Waals surface area contributed by atoms with Gasteiger partial charge in [0.05, 0.1) is 6.21 Å². The Labute approximate surface area is 138 Å². The minimum atomic E-state index is -0.224. The van der Waals surface area contributed by atoms with E-state index < -0.39 is 0 Å². The summed E-state index contributed by atoms with van der Waals surface area (Å²) in [5, 5.41) is 4.08. The number of rotatable bonds is 5. The summed E-state index contributed by atoms with van der Waals surface area (Å²) in [5.74, 6) is 1.78. The number of para-hydroxylation sites is 1. The number of benzene rings is 2. The first-order valence-corrected chi connectivity index (χ1v) is 7.39. The van der Waals surface area contributed by atoms with Gasteiger partial charge in [0.15, 0.2) is 0 Å². The van der Waals surface area contributed by atoms with E-state index in [1.54, 1.807) is 13.1 Å². The minimum absolute atomic E-state index is 0.224. The zero-order chi connectivity index (χ0) is 16.8. The van der Waals surface area contributed by atoms with Gasteiger partial charge < -0.3 is 4.74 Å². The molecule has 6 nitrogen and oxygen atoms in total. The minimum Gasteiger partial charge on any atom is -0.457 e. The average molecular weight is 320 g/mol. The van der Waals surface area contributed by atoms with Gasteiger partial charge in [-0.3, -0.25) is 9.78 Å². The molecule has 0 radical (unpaired) electrons. The van der Waals surface area contributed by atoms with Gasteiger partial charge in [-0.05, 0) is 36.8 Å². The van der Waals surface area contributed by atoms with Crippen LogP contribution in [0.5, 0.6) is 11.5 Å². The number of aromatic amines is 1. The number of nitrogens with one attached hydrogen (secondary N) is 2. The maximum atomic E-state index is 11.4. The second-order valence-electron chi connectivity index (χ2n) is 5.09. The molecule has 120 valence electrons. The van der Waals surface area contributed by atoms with E-state index in [0.29, 0.717) is 17.4 Å². The predicted molar refractivity (Wildman–Crippen MR) is 93.8 cm³/mol. The number of anilines is 1. The summed E-state index contributed by atoms with van der Waals surface area (Å²) in [7, 11) is 0. The van der Waals surface area contributed by atoms with E-state index in [2.05, 4.69) is 20.5 Å². The van der Waals surface area contributed by atoms with E-state index in [1.807, 2.05) is 54.6 Å². The van der Waals surface area contributed by atoms with Crippen LogP contribution in [-0.2, 0) is 0 Å². The maximum absolute atomic E-state index is 11.4. The van der Waals surface area contributed by atoms with Gasteiger partial charge in [0.2, 0.25) is 5.95 Å². The summed E-state index contributed by atoms with van der Waals surface area (Å²) < 4.78 is 5.77. The number of aromatic nitrogens is 2. The lowest BCUT2D eigenvalue weighted by atomic mass is 10.2. The third kappa shape index (κ3) is 4.30. The van der Waals surface area contributed by atoms with Gasteiger partial charge in [0.1, 0.15) is 11.5 Å². The molecule has 0 aliphatic carbocycles. The normalized spacial score (nSPS) is 10.7. The lowest BCUT2D eigenvalue weighted by molar-refractivity contribution is 0.482. The first kappa shape index (κ1) is 15.5. The average Bonchev–Trinajstić information content (AvgIpc) is 2.55. The second kappa shape index (κ2) is 7.23. The first-order chi connectivity index (χ1) is 11.7. The largest absolute Gasteiger partial charge is 0.457 e. The van der Waals surface area contributed by atoms with Crippen molar-refractivity contribution in [1.82, 2.24) is 9.97 Å². The Hall–Kier alpha value is -3.41. The van der Waals surface area contributed by atoms with Crippen molar-refractivity contribution in [3.63, 3.8) is 0 Å². The number of hydrogen-bond acceptors (Lipinski definition) is 5. The highest BCUT2D eigenvalue weighted by atomic mass is 16.5. The molecular formula is C18H16N4O2. The van der Waals surface area contributed by atoms with Crippen LogP contribution in [-0.4, -0.2) is 16.2 Å². The van der Waals surface area contributed by atoms with Crippen LogP contribution in [0.25, 0.3) is 0 Å². The Balaban J connectivity index is 1.69. The van der Waals surface area contributed by atoms with Crippen LogP contribution in [0.4, 0.5) is 5.95 Å². The molecule has 6 heteroatoms. The molecule has 0 bridgehead atoms. The fourth-order valence-corrected chi connectivity index (χ4v) is 2.08. The molecule has 0 amide bonds. The SMILES string of the molecule is Cc1cc(=O)[nH]c(NN=Cc2cccc(Oc3ccccc3)c2)n1. The van der Waals surface area contributed by atoms with E-state index in [-0.39, 0.29) is 5.56 Å². The quantitative estimate of drug-likeness (QED) is 0.558. The number of nitrogens with zero attached hydrogens (tertiary/aromatic N) is 2. The lowest BCUT2D eigenvalue weighted by Crippen LogP contribution is -2.10. The van der Waals surface area contributed by atoms with E-state index in [0.717, 1.165) is 11.3 Å². The molecule has 0 saturated heterocycles. The van der Waals surface area contributed by atoms with Crippen LogP contribution in [0.3, 0.4) is 0 Å². The van der Waals surface area contributed by atoms with Crippen LogP contribution < -0.4 is 15.7 Å². The van der Waals surface area contributed by atoms with Gasteiger partial charge in [-0.15, -0.1) is 0 Å². The predicted octanol–water partition coefficient (Wildman–Crippen LogP) is 3.32. The van der Waals surface area contributed by atoms with Crippen LogP contribution in [0, 0.1) is 6.92 Å². The van der Waals surface area contributed by atoms with E-state index >= 15 is 0 Å². The lowest BCUT2D eigenvalue weighted by Gasteiger charge is -2.05. The van der Waals surface area contributed by atoms with Crippen LogP contribution in [0.2, 0.25) is 0 Å². The molecule has 3 aromatic rings. The Morgan fingerprint density at radius 2 is 1.88 bits per heavy atom. The molecule has 0 aliphatic heterocycles. The van der Waals surface area contributed by atoms with Gasteiger partial charge >= 0.3 is 0 Å². The highest BCUT2D eigenvalue weighted by Crippen LogP contribution is 2.21. The highest BCUT2D eigenvalue weighted by molar-refractivity contribution is 5.80. The Bertz CT molecular complexity index is 904. The second-order valence-corrected chi connectivity index (χ2v) is 5.09. The third-order valence-electron chi connectivity index (χ3n) is 3.09. The van der Waals surface area contributed by atoms with Crippen LogP contribution in [0.15, 0.2) is 70.6 Å². The summed E-state index contributed by atoms with van der Waals surface area (Å²) in [6.45, 7) is 1.74. The molecule has 2 aromatic carbocycles. The highest BCUT2D eigenvalue weighted by Gasteiger charge is 1.98. The maximum Gasteiger partial charge on any atom is 0.252 e. The molecule has 3 rings (SSSR count). The summed E-state index contributed by atoms with van der Waals surface area (Å²) in [6.07, 6.45) is 1.63. The fourth-order valence-electron chi connectivity index (χ4n) is 2.08. The van der Waals surface area contributed by atoms with Crippen molar-refractivity contribution in [2.45, 2.75) is 6.92 Å². The molecule has 2 N–H and O–H groups in total. The Kier molecular flexibility index (Phi) is 4.67. The summed E-state index contributed by atoms with van der Waals surface area (Å²) in [4.78, 5) is 18.1. The molecule has 1 aromatic heterocycles. The molecule has 0 aliphatic rings. The van der Waals surface area contributed by atoms with Gasteiger partial charge in [0.25, 0.3) is 5.56 Å². The van der Waals surface area contributed by atoms with E-state index in [4.69, 9.17) is 4.74 Å². The van der Waals surface area contributed by atoms with Crippen molar-refractivity contribution in [3.05, 3.63) is 82.3 Å². The molecule has 0 atom stereocenters. The molecule has 0 fully saturated rings. The zero-order valence-electron chi connectivity index (χ0n) is 13.1. The number of aryl methyl sites for hydroxylation is 1. The number of hydrazone groups is 1. The van der Waals surface area contributed by atoms with Crippen molar-refractivity contribution >= 4 is 12.2 Å². The van der Waals surface area contributed by atoms with Crippen molar-refractivity contribution in [2.75, 3.05) is 5.43 Å². The number of hydrogen-bond donors (Lipinski definition) is 2. The Morgan fingerprint density at radius 3 is 2.67 bits per heavy atom. The summed E-state index contributed by atoms with van der Waals surface area (Å²) >= 11 is 0. The standard InChI is InChI=1S/C18H16N4O2/c1-13-10-17(23)21-18(20-13)22-19-12-14-6-5-9-16(11-14)24-15-7-3-2-4-8-15/h2-12H,1H3,(H2,20,21,22,23). The van der Waals surface area contributed by atoms with Crippen LogP contribution in [0.1, 0.15) is 11.3 Å². The molecule has 0 saturated carbocycles. The Morgan fingerprint density at radius 1 is 1.08 bits per heavy atom. The summed E-state index contributed by atoms with van der Waals surface area (Å²) in [6, 6.07) is 18.5. The fraction of sp³-hybridized carbons (Fsp3) is 0.0556. The smallest absolute Gasteiger partial charge is 0.252 e. The van der Waals surface area contributed by atoms with Crippen molar-refractivity contribution in [3.8, 4) is 11.5 Å². The zero-order valence-corrected chi connectivity index (χ0v) is 13.1. The van der Waals surface area contributed by atoms with Crippen molar-refractivity contribution < 1.29 is 4.74 Å².